The van der Waals surface area contributed by atoms with Gasteiger partial charge in [0.1, 0.15) is 5.82 Å². The van der Waals surface area contributed by atoms with Gasteiger partial charge in [0.05, 0.1) is 22.6 Å². The topological polar surface area (TPSA) is 55.2 Å². The standard InChI is InChI=1S/C35H28ClN3O2/c1-24(33-37-32-14-8-7-13-31(32)35(41)39(33)30-19-17-29(36)18-20-30)38(22-21-25-9-3-2-4-10-25)34(40)28-16-15-26-11-5-6-12-27(26)23-28/h2-20,23-24H,21-22H2,1H3. The minimum atomic E-state index is -0.523. The van der Waals surface area contributed by atoms with E-state index in [9.17, 15) is 9.59 Å². The van der Waals surface area contributed by atoms with Gasteiger partial charge < -0.3 is 4.90 Å². The van der Waals surface area contributed by atoms with Gasteiger partial charge in [-0.25, -0.2) is 4.98 Å². The summed E-state index contributed by atoms with van der Waals surface area (Å²) in [5, 5.41) is 3.15. The minimum Gasteiger partial charge on any atom is -0.328 e. The van der Waals surface area contributed by atoms with E-state index < -0.39 is 6.04 Å². The van der Waals surface area contributed by atoms with E-state index in [-0.39, 0.29) is 11.5 Å². The zero-order chi connectivity index (χ0) is 28.3. The second kappa shape index (κ2) is 11.4. The van der Waals surface area contributed by atoms with Gasteiger partial charge in [0.25, 0.3) is 11.5 Å². The second-order valence-corrected chi connectivity index (χ2v) is 10.5. The van der Waals surface area contributed by atoms with Crippen LogP contribution in [-0.2, 0) is 6.42 Å². The summed E-state index contributed by atoms with van der Waals surface area (Å²) in [7, 11) is 0. The Morgan fingerprint density at radius 2 is 1.51 bits per heavy atom. The molecule has 0 radical (unpaired) electrons. The lowest BCUT2D eigenvalue weighted by atomic mass is 10.0. The number of rotatable bonds is 7. The van der Waals surface area contributed by atoms with Crippen LogP contribution in [0.15, 0.2) is 126 Å². The maximum atomic E-state index is 14.3. The number of halogens is 1. The molecule has 6 rings (SSSR count). The molecule has 1 atom stereocenters. The van der Waals surface area contributed by atoms with E-state index in [0.29, 0.717) is 46.0 Å². The number of carbonyl (C=O) groups is 1. The van der Waals surface area contributed by atoms with Crippen LogP contribution in [0.1, 0.15) is 34.7 Å². The van der Waals surface area contributed by atoms with Crippen LogP contribution in [0, 0.1) is 0 Å². The number of fused-ring (bicyclic) bond motifs is 2. The highest BCUT2D eigenvalue weighted by molar-refractivity contribution is 6.30. The molecule has 0 aliphatic rings. The lowest BCUT2D eigenvalue weighted by Crippen LogP contribution is -2.38. The van der Waals surface area contributed by atoms with Crippen LogP contribution in [0.25, 0.3) is 27.4 Å². The third-order valence-electron chi connectivity index (χ3n) is 7.47. The zero-order valence-electron chi connectivity index (χ0n) is 22.6. The summed E-state index contributed by atoms with van der Waals surface area (Å²) in [5.41, 5.74) is 2.75. The number of amides is 1. The lowest BCUT2D eigenvalue weighted by molar-refractivity contribution is 0.0684. The fraction of sp³-hybridized carbons (Fsp3) is 0.114. The fourth-order valence-corrected chi connectivity index (χ4v) is 5.39. The summed E-state index contributed by atoms with van der Waals surface area (Å²) < 4.78 is 1.60. The zero-order valence-corrected chi connectivity index (χ0v) is 23.3. The molecule has 0 saturated carbocycles. The molecule has 0 aliphatic carbocycles. The molecule has 0 fully saturated rings. The Labute approximate surface area is 243 Å². The number of carbonyl (C=O) groups excluding carboxylic acids is 1. The van der Waals surface area contributed by atoms with Crippen molar-refractivity contribution in [3.8, 4) is 5.69 Å². The van der Waals surface area contributed by atoms with Gasteiger partial charge >= 0.3 is 0 Å². The van der Waals surface area contributed by atoms with Gasteiger partial charge in [0, 0.05) is 17.1 Å². The molecule has 5 aromatic carbocycles. The number of aromatic nitrogens is 2. The molecule has 0 saturated heterocycles. The fourth-order valence-electron chi connectivity index (χ4n) is 5.26. The predicted octanol–water partition coefficient (Wildman–Crippen LogP) is 7.64. The average Bonchev–Trinajstić information content (AvgIpc) is 3.01. The summed E-state index contributed by atoms with van der Waals surface area (Å²) in [4.78, 5) is 35.0. The number of nitrogens with zero attached hydrogens (tertiary/aromatic N) is 3. The molecule has 6 aromatic rings. The van der Waals surface area contributed by atoms with E-state index in [4.69, 9.17) is 16.6 Å². The molecule has 1 aromatic heterocycles. The van der Waals surface area contributed by atoms with Crippen molar-refractivity contribution in [2.45, 2.75) is 19.4 Å². The number of para-hydroxylation sites is 1. The molecule has 5 nitrogen and oxygen atoms in total. The summed E-state index contributed by atoms with van der Waals surface area (Å²) in [6.07, 6.45) is 0.656. The number of hydrogen-bond donors (Lipinski definition) is 0. The molecular weight excluding hydrogens is 530 g/mol. The first-order valence-electron chi connectivity index (χ1n) is 13.6. The Hall–Kier alpha value is -4.74. The summed E-state index contributed by atoms with van der Waals surface area (Å²) in [6.45, 7) is 2.38. The SMILES string of the molecule is CC(c1nc2ccccc2c(=O)n1-c1ccc(Cl)cc1)N(CCc1ccccc1)C(=O)c1ccc2ccccc2c1. The van der Waals surface area contributed by atoms with Crippen LogP contribution in [0.3, 0.4) is 0 Å². The van der Waals surface area contributed by atoms with Crippen molar-refractivity contribution in [1.82, 2.24) is 14.5 Å². The molecule has 202 valence electrons. The van der Waals surface area contributed by atoms with Gasteiger partial charge in [0.15, 0.2) is 0 Å². The van der Waals surface area contributed by atoms with Crippen molar-refractivity contribution < 1.29 is 4.79 Å². The second-order valence-electron chi connectivity index (χ2n) is 10.1. The molecular formula is C35H28ClN3O2. The highest BCUT2D eigenvalue weighted by Gasteiger charge is 2.28. The Bertz CT molecular complexity index is 1920. The van der Waals surface area contributed by atoms with E-state index in [1.807, 2.05) is 90.7 Å². The number of hydrogen-bond acceptors (Lipinski definition) is 3. The summed E-state index contributed by atoms with van der Waals surface area (Å²) in [5.74, 6) is 0.363. The Kier molecular flexibility index (Phi) is 7.36. The van der Waals surface area contributed by atoms with Crippen molar-refractivity contribution in [2.75, 3.05) is 6.54 Å². The summed E-state index contributed by atoms with van der Waals surface area (Å²) >= 11 is 6.18. The Morgan fingerprint density at radius 3 is 2.29 bits per heavy atom. The van der Waals surface area contributed by atoms with E-state index >= 15 is 0 Å². The Morgan fingerprint density at radius 1 is 0.829 bits per heavy atom. The van der Waals surface area contributed by atoms with E-state index in [1.165, 1.54) is 0 Å². The van der Waals surface area contributed by atoms with Crippen LogP contribution in [0.5, 0.6) is 0 Å². The monoisotopic (exact) mass is 557 g/mol. The first-order chi connectivity index (χ1) is 20.0. The Balaban J connectivity index is 1.49. The van der Waals surface area contributed by atoms with Crippen LogP contribution in [0.4, 0.5) is 0 Å². The van der Waals surface area contributed by atoms with Crippen molar-refractivity contribution in [3.63, 3.8) is 0 Å². The molecule has 0 spiro atoms. The van der Waals surface area contributed by atoms with E-state index in [1.54, 1.807) is 34.9 Å². The first-order valence-corrected chi connectivity index (χ1v) is 14.0. The molecule has 0 bridgehead atoms. The first kappa shape index (κ1) is 26.5. The normalized spacial score (nSPS) is 12.0. The average molecular weight is 558 g/mol. The molecule has 1 unspecified atom stereocenters. The van der Waals surface area contributed by atoms with Crippen molar-refractivity contribution >= 4 is 39.2 Å². The third kappa shape index (κ3) is 5.37. The van der Waals surface area contributed by atoms with Gasteiger partial charge in [-0.05, 0) is 78.2 Å². The highest BCUT2D eigenvalue weighted by atomic mass is 35.5. The van der Waals surface area contributed by atoms with Crippen LogP contribution in [-0.4, -0.2) is 26.9 Å². The number of benzene rings is 5. The van der Waals surface area contributed by atoms with Crippen molar-refractivity contribution in [2.24, 2.45) is 0 Å². The quantitative estimate of drug-likeness (QED) is 0.203. The molecule has 1 amide bonds. The molecule has 0 N–H and O–H groups in total. The smallest absolute Gasteiger partial charge is 0.266 e. The molecule has 1 heterocycles. The van der Waals surface area contributed by atoms with Gasteiger partial charge in [-0.15, -0.1) is 0 Å². The van der Waals surface area contributed by atoms with Crippen LogP contribution in [0.2, 0.25) is 5.02 Å². The molecule has 41 heavy (non-hydrogen) atoms. The van der Waals surface area contributed by atoms with Gasteiger partial charge in [-0.1, -0.05) is 84.4 Å². The maximum Gasteiger partial charge on any atom is 0.266 e. The van der Waals surface area contributed by atoms with E-state index in [0.717, 1.165) is 16.3 Å². The van der Waals surface area contributed by atoms with Crippen molar-refractivity contribution in [1.29, 1.82) is 0 Å². The predicted molar refractivity (Wildman–Crippen MR) is 166 cm³/mol. The molecule has 6 heteroatoms. The van der Waals surface area contributed by atoms with Crippen LogP contribution >= 0.6 is 11.6 Å². The minimum absolute atomic E-state index is 0.121. The van der Waals surface area contributed by atoms with Gasteiger partial charge in [-0.2, -0.15) is 0 Å². The maximum absolute atomic E-state index is 14.3. The van der Waals surface area contributed by atoms with Gasteiger partial charge in [-0.3, -0.25) is 14.2 Å². The largest absolute Gasteiger partial charge is 0.328 e. The van der Waals surface area contributed by atoms with Crippen LogP contribution < -0.4 is 5.56 Å². The third-order valence-corrected chi connectivity index (χ3v) is 7.72. The van der Waals surface area contributed by atoms with Gasteiger partial charge in [0.2, 0.25) is 0 Å². The highest BCUT2D eigenvalue weighted by Crippen LogP contribution is 2.27. The van der Waals surface area contributed by atoms with E-state index in [2.05, 4.69) is 12.1 Å². The molecule has 0 aliphatic heterocycles. The lowest BCUT2D eigenvalue weighted by Gasteiger charge is -2.31. The van der Waals surface area contributed by atoms with Crippen molar-refractivity contribution in [3.05, 3.63) is 154 Å². The summed E-state index contributed by atoms with van der Waals surface area (Å²) in [6, 6.07) is 37.7.